The number of halogens is 1. The molecule has 1 aliphatic heterocycles. The van der Waals surface area contributed by atoms with Gasteiger partial charge in [0.15, 0.2) is 0 Å². The van der Waals surface area contributed by atoms with Crippen LogP contribution in [0.2, 0.25) is 0 Å². The van der Waals surface area contributed by atoms with Crippen molar-refractivity contribution in [2.45, 2.75) is 13.3 Å². The van der Waals surface area contributed by atoms with E-state index in [1.807, 2.05) is 37.3 Å². The van der Waals surface area contributed by atoms with Gasteiger partial charge in [0.2, 0.25) is 11.8 Å². The number of carbonyl (C=O) groups excluding carboxylic acids is 2. The summed E-state index contributed by atoms with van der Waals surface area (Å²) in [5.41, 5.74) is 0.695. The van der Waals surface area contributed by atoms with E-state index in [9.17, 15) is 9.59 Å². The van der Waals surface area contributed by atoms with Crippen molar-refractivity contribution < 1.29 is 14.3 Å². The number of amides is 2. The zero-order chi connectivity index (χ0) is 18.7. The normalized spacial score (nSPS) is 16.7. The van der Waals surface area contributed by atoms with Crippen LogP contribution in [-0.2, 0) is 9.59 Å². The molecule has 26 heavy (non-hydrogen) atoms. The molecule has 2 aromatic rings. The van der Waals surface area contributed by atoms with Crippen LogP contribution in [0.1, 0.15) is 13.3 Å². The molecule has 2 heterocycles. The Morgan fingerprint density at radius 3 is 2.77 bits per heavy atom. The van der Waals surface area contributed by atoms with E-state index in [2.05, 4.69) is 20.9 Å². The molecule has 0 saturated carbocycles. The van der Waals surface area contributed by atoms with Crippen molar-refractivity contribution in [3.8, 4) is 5.75 Å². The lowest BCUT2D eigenvalue weighted by molar-refractivity contribution is -0.124. The van der Waals surface area contributed by atoms with Crippen molar-refractivity contribution in [2.75, 3.05) is 30.0 Å². The minimum Gasteiger partial charge on any atom is -0.495 e. The average molecular weight is 418 g/mol. The molecule has 7 heteroatoms. The Kier molecular flexibility index (Phi) is 5.56. The van der Waals surface area contributed by atoms with Gasteiger partial charge in [-0.25, -0.2) is 4.98 Å². The summed E-state index contributed by atoms with van der Waals surface area (Å²) in [4.78, 5) is 33.1. The van der Waals surface area contributed by atoms with E-state index < -0.39 is 5.92 Å². The number of hydrogen-bond acceptors (Lipinski definition) is 4. The van der Waals surface area contributed by atoms with Crippen molar-refractivity contribution in [3.05, 3.63) is 47.1 Å². The summed E-state index contributed by atoms with van der Waals surface area (Å²) in [6, 6.07) is 11.0. The van der Waals surface area contributed by atoms with Gasteiger partial charge in [-0.05, 0) is 47.1 Å². The number of ether oxygens (including phenoxy) is 1. The molecular weight excluding hydrogens is 398 g/mol. The second-order valence-electron chi connectivity index (χ2n) is 5.99. The van der Waals surface area contributed by atoms with Gasteiger partial charge in [0.1, 0.15) is 11.6 Å². The molecule has 1 fully saturated rings. The number of hydrogen-bond donors (Lipinski definition) is 0. The molecule has 1 unspecified atom stereocenters. The number of benzene rings is 1. The minimum absolute atomic E-state index is 0.0762. The Bertz CT molecular complexity index is 810. The number of carbonyl (C=O) groups is 2. The zero-order valence-corrected chi connectivity index (χ0v) is 16.3. The first-order valence-electron chi connectivity index (χ1n) is 8.41. The second-order valence-corrected chi connectivity index (χ2v) is 6.91. The standard InChI is InChI=1S/C19H20BrN3O3/c1-3-22(17-9-8-14(20)11-21-17)19(25)13-10-18(24)23(12-13)15-6-4-5-7-16(15)26-2/h4-9,11,13H,3,10,12H2,1-2H3. The smallest absolute Gasteiger partial charge is 0.233 e. The largest absolute Gasteiger partial charge is 0.495 e. The number of para-hydroxylation sites is 2. The average Bonchev–Trinajstić information content (AvgIpc) is 3.05. The highest BCUT2D eigenvalue weighted by molar-refractivity contribution is 9.10. The molecule has 136 valence electrons. The van der Waals surface area contributed by atoms with E-state index in [0.29, 0.717) is 30.3 Å². The second kappa shape index (κ2) is 7.86. The fourth-order valence-corrected chi connectivity index (χ4v) is 3.37. The lowest BCUT2D eigenvalue weighted by Gasteiger charge is -2.24. The van der Waals surface area contributed by atoms with Crippen LogP contribution in [0, 0.1) is 5.92 Å². The first kappa shape index (κ1) is 18.4. The van der Waals surface area contributed by atoms with Gasteiger partial charge in [0.25, 0.3) is 0 Å². The Morgan fingerprint density at radius 2 is 2.12 bits per heavy atom. The molecule has 1 aromatic carbocycles. The summed E-state index contributed by atoms with van der Waals surface area (Å²) in [6.07, 6.45) is 1.84. The van der Waals surface area contributed by atoms with Gasteiger partial charge >= 0.3 is 0 Å². The van der Waals surface area contributed by atoms with Crippen LogP contribution in [0.4, 0.5) is 11.5 Å². The number of aromatic nitrogens is 1. The van der Waals surface area contributed by atoms with Gasteiger partial charge in [-0.15, -0.1) is 0 Å². The lowest BCUT2D eigenvalue weighted by atomic mass is 10.1. The number of anilines is 2. The van der Waals surface area contributed by atoms with Crippen molar-refractivity contribution >= 4 is 39.2 Å². The van der Waals surface area contributed by atoms with Gasteiger partial charge in [-0.1, -0.05) is 12.1 Å². The predicted molar refractivity (Wildman–Crippen MR) is 103 cm³/mol. The van der Waals surface area contributed by atoms with Crippen molar-refractivity contribution in [1.82, 2.24) is 4.98 Å². The van der Waals surface area contributed by atoms with Gasteiger partial charge < -0.3 is 9.64 Å². The van der Waals surface area contributed by atoms with Gasteiger partial charge in [-0.2, -0.15) is 0 Å². The summed E-state index contributed by atoms with van der Waals surface area (Å²) in [5.74, 6) is 0.637. The molecule has 1 aromatic heterocycles. The molecule has 2 amide bonds. The molecular formula is C19H20BrN3O3. The maximum Gasteiger partial charge on any atom is 0.233 e. The van der Waals surface area contributed by atoms with Crippen molar-refractivity contribution in [2.24, 2.45) is 5.92 Å². The molecule has 1 saturated heterocycles. The lowest BCUT2D eigenvalue weighted by Crippen LogP contribution is -2.38. The van der Waals surface area contributed by atoms with E-state index in [1.54, 1.807) is 29.2 Å². The van der Waals surface area contributed by atoms with Gasteiger partial charge in [-0.3, -0.25) is 14.5 Å². The fraction of sp³-hybridized carbons (Fsp3) is 0.316. The molecule has 0 aliphatic carbocycles. The third-order valence-corrected chi connectivity index (χ3v) is 4.89. The van der Waals surface area contributed by atoms with Crippen LogP contribution in [0.5, 0.6) is 5.75 Å². The topological polar surface area (TPSA) is 62.7 Å². The summed E-state index contributed by atoms with van der Waals surface area (Å²) in [7, 11) is 1.57. The van der Waals surface area contributed by atoms with Crippen LogP contribution < -0.4 is 14.5 Å². The quantitative estimate of drug-likeness (QED) is 0.748. The molecule has 0 radical (unpaired) electrons. The molecule has 3 rings (SSSR count). The monoisotopic (exact) mass is 417 g/mol. The Labute approximate surface area is 160 Å². The molecule has 6 nitrogen and oxygen atoms in total. The highest BCUT2D eigenvalue weighted by atomic mass is 79.9. The summed E-state index contributed by atoms with van der Waals surface area (Å²) < 4.78 is 6.20. The highest BCUT2D eigenvalue weighted by Gasteiger charge is 2.38. The summed E-state index contributed by atoms with van der Waals surface area (Å²) >= 11 is 3.35. The number of rotatable bonds is 5. The number of pyridine rings is 1. The van der Waals surface area contributed by atoms with E-state index in [0.717, 1.165) is 4.47 Å². The molecule has 0 spiro atoms. The van der Waals surface area contributed by atoms with E-state index >= 15 is 0 Å². The third kappa shape index (κ3) is 3.58. The minimum atomic E-state index is -0.405. The summed E-state index contributed by atoms with van der Waals surface area (Å²) in [5, 5.41) is 0. The molecule has 0 N–H and O–H groups in total. The Hall–Kier alpha value is -2.41. The molecule has 0 bridgehead atoms. The SMILES string of the molecule is CCN(C(=O)C1CC(=O)N(c2ccccc2OC)C1)c1ccc(Br)cn1. The van der Waals surface area contributed by atoms with Gasteiger partial charge in [0.05, 0.1) is 18.7 Å². The van der Waals surface area contributed by atoms with Crippen LogP contribution >= 0.6 is 15.9 Å². The summed E-state index contributed by atoms with van der Waals surface area (Å²) in [6.45, 7) is 2.73. The van der Waals surface area contributed by atoms with Crippen LogP contribution in [0.25, 0.3) is 0 Å². The molecule has 1 atom stereocenters. The molecule has 1 aliphatic rings. The van der Waals surface area contributed by atoms with Gasteiger partial charge in [0, 0.05) is 30.2 Å². The van der Waals surface area contributed by atoms with E-state index in [1.165, 1.54) is 0 Å². The number of nitrogens with zero attached hydrogens (tertiary/aromatic N) is 3. The first-order valence-corrected chi connectivity index (χ1v) is 9.20. The maximum absolute atomic E-state index is 13.0. The maximum atomic E-state index is 13.0. The fourth-order valence-electron chi connectivity index (χ4n) is 3.14. The van der Waals surface area contributed by atoms with E-state index in [-0.39, 0.29) is 18.2 Å². The highest BCUT2D eigenvalue weighted by Crippen LogP contribution is 2.33. The van der Waals surface area contributed by atoms with Crippen LogP contribution in [-0.4, -0.2) is 37.0 Å². The van der Waals surface area contributed by atoms with Crippen LogP contribution in [0.15, 0.2) is 47.1 Å². The number of methoxy groups -OCH3 is 1. The first-order chi connectivity index (χ1) is 12.5. The third-order valence-electron chi connectivity index (χ3n) is 4.42. The predicted octanol–water partition coefficient (Wildman–Crippen LogP) is 3.26. The zero-order valence-electron chi connectivity index (χ0n) is 14.7. The van der Waals surface area contributed by atoms with Crippen molar-refractivity contribution in [3.63, 3.8) is 0 Å². The Morgan fingerprint density at radius 1 is 1.35 bits per heavy atom. The Balaban J connectivity index is 1.81. The van der Waals surface area contributed by atoms with Crippen molar-refractivity contribution in [1.29, 1.82) is 0 Å². The van der Waals surface area contributed by atoms with Crippen LogP contribution in [0.3, 0.4) is 0 Å². The van der Waals surface area contributed by atoms with E-state index in [4.69, 9.17) is 4.74 Å².